The predicted octanol–water partition coefficient (Wildman–Crippen LogP) is 3.15. The van der Waals surface area contributed by atoms with Crippen molar-refractivity contribution >= 4 is 27.3 Å². The lowest BCUT2D eigenvalue weighted by atomic mass is 10.1. The van der Waals surface area contributed by atoms with Crippen LogP contribution in [0.25, 0.3) is 0 Å². The van der Waals surface area contributed by atoms with E-state index < -0.39 is 6.10 Å². The molecule has 1 unspecified atom stereocenters. The molecule has 2 heterocycles. The van der Waals surface area contributed by atoms with Gasteiger partial charge in [0.05, 0.1) is 23.6 Å². The Morgan fingerprint density at radius 1 is 1.26 bits per heavy atom. The first-order chi connectivity index (χ1) is 9.25. The highest BCUT2D eigenvalue weighted by atomic mass is 79.9. The molecule has 1 aromatic heterocycles. The number of rotatable bonds is 2. The lowest BCUT2D eigenvalue weighted by Gasteiger charge is -2.13. The number of nitrogens with zero attached hydrogens (tertiary/aromatic N) is 1. The van der Waals surface area contributed by atoms with Gasteiger partial charge in [0.25, 0.3) is 0 Å². The van der Waals surface area contributed by atoms with Crippen LogP contribution < -0.4 is 9.47 Å². The zero-order valence-corrected chi connectivity index (χ0v) is 12.4. The molecule has 1 N–H and O–H groups in total. The van der Waals surface area contributed by atoms with Crippen LogP contribution in [0.1, 0.15) is 23.0 Å². The lowest BCUT2D eigenvalue weighted by molar-refractivity contribution is 0.222. The van der Waals surface area contributed by atoms with Crippen molar-refractivity contribution in [2.24, 2.45) is 0 Å². The SMILES string of the molecule is OC(c1ccc2c(c1)OCCCO2)c1scnc1Br. The first kappa shape index (κ1) is 12.9. The molecule has 1 aromatic carbocycles. The fourth-order valence-corrected chi connectivity index (χ4v) is 3.34. The highest BCUT2D eigenvalue weighted by Gasteiger charge is 2.19. The molecule has 0 spiro atoms. The van der Waals surface area contributed by atoms with Crippen molar-refractivity contribution in [3.8, 4) is 11.5 Å². The molecule has 4 nitrogen and oxygen atoms in total. The second-order valence-electron chi connectivity index (χ2n) is 4.17. The number of aliphatic hydroxyl groups is 1. The molecule has 19 heavy (non-hydrogen) atoms. The van der Waals surface area contributed by atoms with Crippen molar-refractivity contribution in [1.82, 2.24) is 4.98 Å². The predicted molar refractivity (Wildman–Crippen MR) is 75.9 cm³/mol. The summed E-state index contributed by atoms with van der Waals surface area (Å²) in [5.74, 6) is 1.42. The molecule has 0 fully saturated rings. The standard InChI is InChI=1S/C13H12BrNO3S/c14-13-12(19-7-15-13)11(16)8-2-3-9-10(6-8)18-5-1-4-17-9/h2-3,6-7,11,16H,1,4-5H2. The fraction of sp³-hybridized carbons (Fsp3) is 0.308. The molecule has 1 atom stereocenters. The van der Waals surface area contributed by atoms with Crippen LogP contribution in [0, 0.1) is 0 Å². The Morgan fingerprint density at radius 3 is 2.79 bits per heavy atom. The van der Waals surface area contributed by atoms with Crippen LogP contribution >= 0.6 is 27.3 Å². The van der Waals surface area contributed by atoms with Gasteiger partial charge in [-0.25, -0.2) is 4.98 Å². The Balaban J connectivity index is 1.93. The summed E-state index contributed by atoms with van der Waals surface area (Å²) in [5.41, 5.74) is 2.47. The monoisotopic (exact) mass is 341 g/mol. The third-order valence-electron chi connectivity index (χ3n) is 2.88. The average Bonchev–Trinajstić information content (AvgIpc) is 2.72. The Kier molecular flexibility index (Phi) is 3.72. The minimum absolute atomic E-state index is 0.636. The number of benzene rings is 1. The summed E-state index contributed by atoms with van der Waals surface area (Å²) in [6, 6.07) is 5.52. The first-order valence-electron chi connectivity index (χ1n) is 5.92. The molecule has 1 aliphatic heterocycles. The summed E-state index contributed by atoms with van der Waals surface area (Å²) in [6.45, 7) is 1.30. The molecule has 0 aliphatic carbocycles. The molecular formula is C13H12BrNO3S. The summed E-state index contributed by atoms with van der Waals surface area (Å²) in [6.07, 6.45) is 0.159. The smallest absolute Gasteiger partial charge is 0.161 e. The maximum absolute atomic E-state index is 10.4. The van der Waals surface area contributed by atoms with Gasteiger partial charge in [0, 0.05) is 6.42 Å². The van der Waals surface area contributed by atoms with Crippen LogP contribution in [-0.2, 0) is 0 Å². The van der Waals surface area contributed by atoms with E-state index in [2.05, 4.69) is 20.9 Å². The molecule has 1 aliphatic rings. The van der Waals surface area contributed by atoms with E-state index in [-0.39, 0.29) is 0 Å². The summed E-state index contributed by atoms with van der Waals surface area (Å²) in [7, 11) is 0. The highest BCUT2D eigenvalue weighted by molar-refractivity contribution is 9.10. The largest absolute Gasteiger partial charge is 0.490 e. The summed E-state index contributed by atoms with van der Waals surface area (Å²) < 4.78 is 11.9. The number of aromatic nitrogens is 1. The van der Waals surface area contributed by atoms with E-state index in [1.54, 1.807) is 5.51 Å². The van der Waals surface area contributed by atoms with E-state index in [1.165, 1.54) is 11.3 Å². The van der Waals surface area contributed by atoms with Crippen LogP contribution in [0.5, 0.6) is 11.5 Å². The van der Waals surface area contributed by atoms with Gasteiger partial charge in [0.1, 0.15) is 10.7 Å². The normalized spacial score (nSPS) is 15.9. The number of hydrogen-bond acceptors (Lipinski definition) is 5. The molecule has 0 bridgehead atoms. The van der Waals surface area contributed by atoms with Gasteiger partial charge in [-0.15, -0.1) is 11.3 Å². The molecule has 0 radical (unpaired) electrons. The second-order valence-corrected chi connectivity index (χ2v) is 5.80. The Labute approximate surface area is 123 Å². The first-order valence-corrected chi connectivity index (χ1v) is 7.59. The lowest BCUT2D eigenvalue weighted by Crippen LogP contribution is -2.00. The van der Waals surface area contributed by atoms with Crippen molar-refractivity contribution in [3.05, 3.63) is 38.8 Å². The maximum Gasteiger partial charge on any atom is 0.161 e. The van der Waals surface area contributed by atoms with Crippen LogP contribution in [0.3, 0.4) is 0 Å². The number of aliphatic hydroxyl groups excluding tert-OH is 1. The third-order valence-corrected chi connectivity index (χ3v) is 4.66. The van der Waals surface area contributed by atoms with Gasteiger partial charge in [-0.3, -0.25) is 0 Å². The fourth-order valence-electron chi connectivity index (χ4n) is 1.92. The van der Waals surface area contributed by atoms with Gasteiger partial charge in [-0.1, -0.05) is 6.07 Å². The molecular weight excluding hydrogens is 330 g/mol. The topological polar surface area (TPSA) is 51.6 Å². The van der Waals surface area contributed by atoms with E-state index in [9.17, 15) is 5.11 Å². The number of thiazole rings is 1. The number of hydrogen-bond donors (Lipinski definition) is 1. The quantitative estimate of drug-likeness (QED) is 0.911. The Morgan fingerprint density at radius 2 is 2.05 bits per heavy atom. The van der Waals surface area contributed by atoms with Crippen LogP contribution in [0.4, 0.5) is 0 Å². The second kappa shape index (κ2) is 5.48. The van der Waals surface area contributed by atoms with E-state index in [0.29, 0.717) is 23.6 Å². The third kappa shape index (κ3) is 2.61. The van der Waals surface area contributed by atoms with E-state index in [0.717, 1.165) is 22.6 Å². The van der Waals surface area contributed by atoms with Gasteiger partial charge in [0.2, 0.25) is 0 Å². The highest BCUT2D eigenvalue weighted by Crippen LogP contribution is 2.36. The maximum atomic E-state index is 10.4. The van der Waals surface area contributed by atoms with Gasteiger partial charge >= 0.3 is 0 Å². The van der Waals surface area contributed by atoms with Gasteiger partial charge in [-0.2, -0.15) is 0 Å². The van der Waals surface area contributed by atoms with E-state index >= 15 is 0 Å². The van der Waals surface area contributed by atoms with Crippen molar-refractivity contribution in [2.45, 2.75) is 12.5 Å². The Bertz CT molecular complexity index is 587. The number of halogens is 1. The molecule has 2 aromatic rings. The zero-order chi connectivity index (χ0) is 13.2. The van der Waals surface area contributed by atoms with Gasteiger partial charge in [0.15, 0.2) is 11.5 Å². The number of ether oxygens (including phenoxy) is 2. The molecule has 0 saturated carbocycles. The molecule has 0 saturated heterocycles. The average molecular weight is 342 g/mol. The van der Waals surface area contributed by atoms with E-state index in [1.807, 2.05) is 18.2 Å². The van der Waals surface area contributed by atoms with Gasteiger partial charge < -0.3 is 14.6 Å². The van der Waals surface area contributed by atoms with Crippen LogP contribution in [0.15, 0.2) is 28.3 Å². The minimum Gasteiger partial charge on any atom is -0.490 e. The minimum atomic E-state index is -0.709. The van der Waals surface area contributed by atoms with Crippen LogP contribution in [0.2, 0.25) is 0 Å². The molecule has 100 valence electrons. The van der Waals surface area contributed by atoms with Crippen LogP contribution in [-0.4, -0.2) is 23.3 Å². The number of fused-ring (bicyclic) bond motifs is 1. The summed E-state index contributed by atoms with van der Waals surface area (Å²) >= 11 is 4.75. The zero-order valence-electron chi connectivity index (χ0n) is 10.0. The van der Waals surface area contributed by atoms with Gasteiger partial charge in [-0.05, 0) is 33.6 Å². The van der Waals surface area contributed by atoms with Crippen molar-refractivity contribution in [2.75, 3.05) is 13.2 Å². The molecule has 0 amide bonds. The van der Waals surface area contributed by atoms with Crippen molar-refractivity contribution in [3.63, 3.8) is 0 Å². The van der Waals surface area contributed by atoms with Crippen molar-refractivity contribution in [1.29, 1.82) is 0 Å². The Hall–Kier alpha value is -1.11. The summed E-state index contributed by atoms with van der Waals surface area (Å²) in [4.78, 5) is 4.87. The molecule has 3 rings (SSSR count). The summed E-state index contributed by atoms with van der Waals surface area (Å²) in [5, 5.41) is 10.4. The molecule has 6 heteroatoms. The van der Waals surface area contributed by atoms with Crippen molar-refractivity contribution < 1.29 is 14.6 Å². The van der Waals surface area contributed by atoms with E-state index in [4.69, 9.17) is 9.47 Å².